The molecule has 1 aliphatic heterocycles. The zero-order chi connectivity index (χ0) is 21.3. The minimum absolute atomic E-state index is 0.0828. The van der Waals surface area contributed by atoms with E-state index in [1.165, 1.54) is 0 Å². The zero-order valence-corrected chi connectivity index (χ0v) is 17.9. The Morgan fingerprint density at radius 3 is 2.53 bits per heavy atom. The van der Waals surface area contributed by atoms with Gasteiger partial charge in [-0.2, -0.15) is 0 Å². The molecule has 0 amide bonds. The Morgan fingerprint density at radius 2 is 1.83 bits per heavy atom. The molecule has 0 spiro atoms. The first kappa shape index (κ1) is 20.4. The smallest absolute Gasteiger partial charge is 0.308 e. The molecule has 2 heterocycles. The van der Waals surface area contributed by atoms with Gasteiger partial charge in [0.25, 0.3) is 0 Å². The van der Waals surface area contributed by atoms with Crippen molar-refractivity contribution in [2.24, 2.45) is 10.9 Å². The van der Waals surface area contributed by atoms with Crippen molar-refractivity contribution in [3.05, 3.63) is 76.1 Å². The Hall–Kier alpha value is -2.92. The summed E-state index contributed by atoms with van der Waals surface area (Å²) in [5.41, 5.74) is 5.31. The number of hydrogen-bond acceptors (Lipinski definition) is 5. The number of fused-ring (bicyclic) bond motifs is 3. The normalized spacial score (nSPS) is 15.2. The highest BCUT2D eigenvalue weighted by molar-refractivity contribution is 6.30. The van der Waals surface area contributed by atoms with Crippen molar-refractivity contribution in [1.29, 1.82) is 0 Å². The Kier molecular flexibility index (Phi) is 5.73. The van der Waals surface area contributed by atoms with Crippen molar-refractivity contribution < 1.29 is 14.1 Å². The molecule has 0 radical (unpaired) electrons. The second-order valence-electron chi connectivity index (χ2n) is 7.83. The lowest BCUT2D eigenvalue weighted by Crippen LogP contribution is -2.14. The van der Waals surface area contributed by atoms with Crippen LogP contribution in [0.5, 0.6) is 0 Å². The number of benzene rings is 2. The van der Waals surface area contributed by atoms with Crippen LogP contribution in [-0.2, 0) is 9.53 Å². The molecule has 3 aromatic rings. The van der Waals surface area contributed by atoms with Crippen LogP contribution >= 0.6 is 11.6 Å². The highest BCUT2D eigenvalue weighted by Crippen LogP contribution is 2.40. The highest BCUT2D eigenvalue weighted by atomic mass is 35.5. The van der Waals surface area contributed by atoms with E-state index in [9.17, 15) is 4.79 Å². The van der Waals surface area contributed by atoms with Gasteiger partial charge in [-0.1, -0.05) is 67.0 Å². The summed E-state index contributed by atoms with van der Waals surface area (Å²) in [5.74, 6) is 0.549. The molecule has 154 valence electrons. The second-order valence-corrected chi connectivity index (χ2v) is 8.27. The maximum Gasteiger partial charge on any atom is 0.308 e. The van der Waals surface area contributed by atoms with Gasteiger partial charge in [0, 0.05) is 16.1 Å². The van der Waals surface area contributed by atoms with E-state index >= 15 is 0 Å². The Balaban J connectivity index is 1.83. The molecule has 1 aromatic heterocycles. The third-order valence-electron chi connectivity index (χ3n) is 4.98. The number of esters is 1. The van der Waals surface area contributed by atoms with Crippen LogP contribution in [0, 0.1) is 12.8 Å². The van der Waals surface area contributed by atoms with E-state index in [4.69, 9.17) is 25.9 Å². The molecule has 5 nitrogen and oxygen atoms in total. The molecule has 0 unspecified atom stereocenters. The van der Waals surface area contributed by atoms with Gasteiger partial charge >= 0.3 is 5.97 Å². The van der Waals surface area contributed by atoms with E-state index in [1.807, 2.05) is 69.3 Å². The van der Waals surface area contributed by atoms with Gasteiger partial charge in [0.05, 0.1) is 30.0 Å². The van der Waals surface area contributed by atoms with Crippen LogP contribution in [0.15, 0.2) is 58.0 Å². The number of carbonyl (C=O) groups excluding carboxylic acids is 1. The molecule has 0 saturated heterocycles. The summed E-state index contributed by atoms with van der Waals surface area (Å²) >= 11 is 6.09. The van der Waals surface area contributed by atoms with Gasteiger partial charge in [-0.25, -0.2) is 0 Å². The van der Waals surface area contributed by atoms with E-state index in [0.717, 1.165) is 33.7 Å². The standard InChI is InChI=1S/C24H23ClN2O3/c1-14(2)13-29-21(28)12-20-24-22(15(3)27-30-24)18-6-4-5-7-19(18)23(26-20)16-8-10-17(25)11-9-16/h4-11,14,20H,12-13H2,1-3H3/t20-/m0/s1. The molecule has 0 fully saturated rings. The maximum absolute atomic E-state index is 12.5. The quantitative estimate of drug-likeness (QED) is 0.488. The van der Waals surface area contributed by atoms with Crippen molar-refractivity contribution in [1.82, 2.24) is 5.16 Å². The largest absolute Gasteiger partial charge is 0.465 e. The van der Waals surface area contributed by atoms with E-state index in [2.05, 4.69) is 5.16 Å². The summed E-state index contributed by atoms with van der Waals surface area (Å²) in [5, 5.41) is 4.82. The van der Waals surface area contributed by atoms with Crippen LogP contribution in [0.1, 0.15) is 48.9 Å². The fourth-order valence-electron chi connectivity index (χ4n) is 3.59. The van der Waals surface area contributed by atoms with E-state index in [1.54, 1.807) is 0 Å². The predicted octanol–water partition coefficient (Wildman–Crippen LogP) is 5.78. The number of aromatic nitrogens is 1. The molecule has 2 aromatic carbocycles. The first-order valence-electron chi connectivity index (χ1n) is 9.99. The predicted molar refractivity (Wildman–Crippen MR) is 117 cm³/mol. The van der Waals surface area contributed by atoms with E-state index in [0.29, 0.717) is 17.4 Å². The maximum atomic E-state index is 12.5. The number of hydrogen-bond donors (Lipinski definition) is 0. The molecule has 0 N–H and O–H groups in total. The lowest BCUT2D eigenvalue weighted by molar-refractivity contribution is -0.145. The lowest BCUT2D eigenvalue weighted by atomic mass is 9.93. The Labute approximate surface area is 180 Å². The average molecular weight is 423 g/mol. The number of aryl methyl sites for hydroxylation is 1. The minimum atomic E-state index is -0.529. The number of halogens is 1. The summed E-state index contributed by atoms with van der Waals surface area (Å²) in [4.78, 5) is 17.5. The van der Waals surface area contributed by atoms with Gasteiger partial charge in [-0.15, -0.1) is 0 Å². The summed E-state index contributed by atoms with van der Waals surface area (Å²) in [6.07, 6.45) is 0.0828. The Bertz CT molecular complexity index is 1100. The van der Waals surface area contributed by atoms with E-state index < -0.39 is 6.04 Å². The SMILES string of the molecule is Cc1noc2c1-c1ccccc1C(c1ccc(Cl)cc1)=N[C@H]2CC(=O)OCC(C)C. The number of rotatable bonds is 5. The molecule has 6 heteroatoms. The number of nitrogens with zero attached hydrogens (tertiary/aromatic N) is 2. The molecule has 1 aliphatic rings. The summed E-state index contributed by atoms with van der Waals surface area (Å²) < 4.78 is 11.1. The Morgan fingerprint density at radius 1 is 1.13 bits per heavy atom. The van der Waals surface area contributed by atoms with Crippen LogP contribution in [0.3, 0.4) is 0 Å². The first-order valence-corrected chi connectivity index (χ1v) is 10.4. The minimum Gasteiger partial charge on any atom is -0.465 e. The molecule has 0 bridgehead atoms. The van der Waals surface area contributed by atoms with Crippen LogP contribution in [-0.4, -0.2) is 23.4 Å². The van der Waals surface area contributed by atoms with E-state index in [-0.39, 0.29) is 18.3 Å². The number of aliphatic imine (C=N–C) groups is 1. The third kappa shape index (κ3) is 4.03. The van der Waals surface area contributed by atoms with Crippen LogP contribution in [0.2, 0.25) is 5.02 Å². The summed E-state index contributed by atoms with van der Waals surface area (Å²) in [6, 6.07) is 15.0. The summed E-state index contributed by atoms with van der Waals surface area (Å²) in [7, 11) is 0. The number of carbonyl (C=O) groups is 1. The molecular weight excluding hydrogens is 400 g/mol. The van der Waals surface area contributed by atoms with Crippen molar-refractivity contribution in [2.75, 3.05) is 6.61 Å². The molecule has 0 aliphatic carbocycles. The van der Waals surface area contributed by atoms with Crippen molar-refractivity contribution in [3.63, 3.8) is 0 Å². The third-order valence-corrected chi connectivity index (χ3v) is 5.24. The fourth-order valence-corrected chi connectivity index (χ4v) is 3.71. The van der Waals surface area contributed by atoms with Crippen molar-refractivity contribution in [3.8, 4) is 11.1 Å². The van der Waals surface area contributed by atoms with Gasteiger partial charge in [0.1, 0.15) is 6.04 Å². The zero-order valence-electron chi connectivity index (χ0n) is 17.2. The van der Waals surface area contributed by atoms with Crippen molar-refractivity contribution in [2.45, 2.75) is 33.2 Å². The second kappa shape index (κ2) is 8.44. The summed E-state index contributed by atoms with van der Waals surface area (Å²) in [6.45, 7) is 6.29. The molecule has 1 atom stereocenters. The average Bonchev–Trinajstić information content (AvgIpc) is 3.05. The van der Waals surface area contributed by atoms with Crippen LogP contribution in [0.4, 0.5) is 0 Å². The van der Waals surface area contributed by atoms with Gasteiger partial charge < -0.3 is 9.26 Å². The van der Waals surface area contributed by atoms with Crippen molar-refractivity contribution >= 4 is 23.3 Å². The topological polar surface area (TPSA) is 64.7 Å². The first-order chi connectivity index (χ1) is 14.4. The monoisotopic (exact) mass is 422 g/mol. The van der Waals surface area contributed by atoms with Gasteiger partial charge in [0.2, 0.25) is 0 Å². The van der Waals surface area contributed by atoms with Crippen LogP contribution < -0.4 is 0 Å². The van der Waals surface area contributed by atoms with Gasteiger partial charge in [-0.05, 0) is 30.5 Å². The number of ether oxygens (including phenoxy) is 1. The van der Waals surface area contributed by atoms with Gasteiger partial charge in [-0.3, -0.25) is 9.79 Å². The molecule has 30 heavy (non-hydrogen) atoms. The fraction of sp³-hybridized carbons (Fsp3) is 0.292. The molecule has 4 rings (SSSR count). The highest BCUT2D eigenvalue weighted by Gasteiger charge is 2.31. The molecular formula is C24H23ClN2O3. The lowest BCUT2D eigenvalue weighted by Gasteiger charge is -2.13. The van der Waals surface area contributed by atoms with Gasteiger partial charge in [0.15, 0.2) is 5.76 Å². The van der Waals surface area contributed by atoms with Crippen LogP contribution in [0.25, 0.3) is 11.1 Å². The molecule has 0 saturated carbocycles.